The van der Waals surface area contributed by atoms with Gasteiger partial charge in [-0.2, -0.15) is 10.2 Å². The van der Waals surface area contributed by atoms with Crippen LogP contribution in [0.5, 0.6) is 0 Å². The number of aryl methyl sites for hydroxylation is 2. The van der Waals surface area contributed by atoms with Gasteiger partial charge in [-0.25, -0.2) is 9.36 Å². The molecule has 0 bridgehead atoms. The standard InChI is InChI=1S/C23H24N4O/c1-15(2)21-19-13-24-27(20-11-6-5-9-17(20)4)22(19)23(28)26(25-21)14-18-10-7-8-16(3)12-18/h5-13,15H,14H2,1-4H3. The Morgan fingerprint density at radius 2 is 1.82 bits per heavy atom. The van der Waals surface area contributed by atoms with Crippen LogP contribution in [-0.4, -0.2) is 19.6 Å². The van der Waals surface area contributed by atoms with Crippen molar-refractivity contribution >= 4 is 10.9 Å². The number of hydrogen-bond acceptors (Lipinski definition) is 3. The van der Waals surface area contributed by atoms with Crippen molar-refractivity contribution in [3.8, 4) is 5.69 Å². The third kappa shape index (κ3) is 3.13. The molecular formula is C23H24N4O. The largest absolute Gasteiger partial charge is 0.293 e. The Balaban J connectivity index is 1.97. The van der Waals surface area contributed by atoms with Gasteiger partial charge in [0.1, 0.15) is 5.52 Å². The summed E-state index contributed by atoms with van der Waals surface area (Å²) < 4.78 is 3.33. The fraction of sp³-hybridized carbons (Fsp3) is 0.261. The van der Waals surface area contributed by atoms with Crippen molar-refractivity contribution in [1.82, 2.24) is 19.6 Å². The predicted molar refractivity (Wildman–Crippen MR) is 112 cm³/mol. The Morgan fingerprint density at radius 1 is 1.04 bits per heavy atom. The lowest BCUT2D eigenvalue weighted by Crippen LogP contribution is -2.27. The minimum Gasteiger partial charge on any atom is -0.265 e. The van der Waals surface area contributed by atoms with E-state index in [1.807, 2.05) is 43.3 Å². The first-order valence-corrected chi connectivity index (χ1v) is 9.56. The van der Waals surface area contributed by atoms with E-state index in [1.54, 1.807) is 15.6 Å². The van der Waals surface area contributed by atoms with Gasteiger partial charge in [0, 0.05) is 5.39 Å². The summed E-state index contributed by atoms with van der Waals surface area (Å²) in [5.41, 5.74) is 5.56. The first-order valence-electron chi connectivity index (χ1n) is 9.56. The molecule has 2 heterocycles. The van der Waals surface area contributed by atoms with Crippen molar-refractivity contribution in [3.05, 3.63) is 87.5 Å². The molecule has 2 aromatic carbocycles. The average molecular weight is 372 g/mol. The summed E-state index contributed by atoms with van der Waals surface area (Å²) in [4.78, 5) is 13.4. The van der Waals surface area contributed by atoms with E-state index in [0.717, 1.165) is 27.9 Å². The molecule has 4 rings (SSSR count). The van der Waals surface area contributed by atoms with Crippen molar-refractivity contribution in [2.75, 3.05) is 0 Å². The van der Waals surface area contributed by atoms with Crippen LogP contribution in [0.3, 0.4) is 0 Å². The smallest absolute Gasteiger partial charge is 0.265 e. The van der Waals surface area contributed by atoms with Gasteiger partial charge in [-0.15, -0.1) is 0 Å². The van der Waals surface area contributed by atoms with Crippen LogP contribution in [-0.2, 0) is 6.54 Å². The maximum atomic E-state index is 13.4. The highest BCUT2D eigenvalue weighted by molar-refractivity contribution is 5.82. The molecule has 0 amide bonds. The maximum Gasteiger partial charge on any atom is 0.293 e. The van der Waals surface area contributed by atoms with Crippen LogP contribution < -0.4 is 5.56 Å². The molecule has 0 fully saturated rings. The third-order valence-electron chi connectivity index (χ3n) is 5.02. The zero-order valence-electron chi connectivity index (χ0n) is 16.7. The topological polar surface area (TPSA) is 52.7 Å². The summed E-state index contributed by atoms with van der Waals surface area (Å²) in [6.45, 7) is 8.70. The molecule has 4 aromatic rings. The summed E-state index contributed by atoms with van der Waals surface area (Å²) in [5.74, 6) is 0.182. The minimum atomic E-state index is -0.123. The van der Waals surface area contributed by atoms with E-state index in [-0.39, 0.29) is 11.5 Å². The van der Waals surface area contributed by atoms with E-state index < -0.39 is 0 Å². The third-order valence-corrected chi connectivity index (χ3v) is 5.02. The lowest BCUT2D eigenvalue weighted by Gasteiger charge is -2.13. The van der Waals surface area contributed by atoms with E-state index in [0.29, 0.717) is 12.1 Å². The van der Waals surface area contributed by atoms with Crippen LogP contribution in [0.15, 0.2) is 59.5 Å². The molecule has 0 aliphatic heterocycles. The van der Waals surface area contributed by atoms with Gasteiger partial charge in [0.05, 0.1) is 24.1 Å². The van der Waals surface area contributed by atoms with Crippen LogP contribution in [0.2, 0.25) is 0 Å². The van der Waals surface area contributed by atoms with Crippen LogP contribution >= 0.6 is 0 Å². The molecule has 0 N–H and O–H groups in total. The summed E-state index contributed by atoms with van der Waals surface area (Å²) >= 11 is 0. The first kappa shape index (κ1) is 18.2. The molecule has 0 aliphatic carbocycles. The number of benzene rings is 2. The Morgan fingerprint density at radius 3 is 2.54 bits per heavy atom. The van der Waals surface area contributed by atoms with E-state index in [1.165, 1.54) is 5.56 Å². The monoisotopic (exact) mass is 372 g/mol. The molecule has 2 aromatic heterocycles. The van der Waals surface area contributed by atoms with Crippen molar-refractivity contribution in [2.45, 2.75) is 40.2 Å². The second-order valence-electron chi connectivity index (χ2n) is 7.60. The molecular weight excluding hydrogens is 348 g/mol. The molecule has 0 aliphatic rings. The first-order chi connectivity index (χ1) is 13.5. The highest BCUT2D eigenvalue weighted by Gasteiger charge is 2.19. The van der Waals surface area contributed by atoms with Gasteiger partial charge in [0.25, 0.3) is 5.56 Å². The highest BCUT2D eigenvalue weighted by atomic mass is 16.1. The average Bonchev–Trinajstić information content (AvgIpc) is 3.09. The van der Waals surface area contributed by atoms with E-state index >= 15 is 0 Å². The fourth-order valence-electron chi connectivity index (χ4n) is 3.59. The normalized spacial score (nSPS) is 11.5. The predicted octanol–water partition coefficient (Wildman–Crippen LogP) is 4.37. The Bertz CT molecular complexity index is 1220. The molecule has 0 unspecified atom stereocenters. The molecule has 5 heteroatoms. The fourth-order valence-corrected chi connectivity index (χ4v) is 3.59. The van der Waals surface area contributed by atoms with Crippen LogP contribution in [0.25, 0.3) is 16.6 Å². The maximum absolute atomic E-state index is 13.4. The van der Waals surface area contributed by atoms with Crippen molar-refractivity contribution < 1.29 is 0 Å². The molecule has 0 saturated heterocycles. The van der Waals surface area contributed by atoms with Gasteiger partial charge >= 0.3 is 0 Å². The number of para-hydroxylation sites is 1. The van der Waals surface area contributed by atoms with Gasteiger partial charge < -0.3 is 0 Å². The van der Waals surface area contributed by atoms with Crippen LogP contribution in [0.1, 0.15) is 42.1 Å². The van der Waals surface area contributed by atoms with E-state index in [2.05, 4.69) is 38.0 Å². The highest BCUT2D eigenvalue weighted by Crippen LogP contribution is 2.24. The molecule has 0 radical (unpaired) electrons. The van der Waals surface area contributed by atoms with E-state index in [4.69, 9.17) is 5.10 Å². The van der Waals surface area contributed by atoms with Gasteiger partial charge in [-0.05, 0) is 37.0 Å². The quantitative estimate of drug-likeness (QED) is 0.534. The summed E-state index contributed by atoms with van der Waals surface area (Å²) in [6.07, 6.45) is 1.77. The Hall–Kier alpha value is -3.21. The second-order valence-corrected chi connectivity index (χ2v) is 7.60. The molecule has 28 heavy (non-hydrogen) atoms. The number of nitrogens with zero attached hydrogens (tertiary/aromatic N) is 4. The molecule has 142 valence electrons. The van der Waals surface area contributed by atoms with Crippen molar-refractivity contribution in [3.63, 3.8) is 0 Å². The van der Waals surface area contributed by atoms with Crippen molar-refractivity contribution in [1.29, 1.82) is 0 Å². The molecule has 5 nitrogen and oxygen atoms in total. The van der Waals surface area contributed by atoms with E-state index in [9.17, 15) is 4.79 Å². The Labute approximate surface area is 164 Å². The van der Waals surface area contributed by atoms with Crippen LogP contribution in [0, 0.1) is 13.8 Å². The van der Waals surface area contributed by atoms with Crippen LogP contribution in [0.4, 0.5) is 0 Å². The van der Waals surface area contributed by atoms with Crippen molar-refractivity contribution in [2.24, 2.45) is 0 Å². The minimum absolute atomic E-state index is 0.123. The number of rotatable bonds is 4. The number of fused-ring (bicyclic) bond motifs is 1. The van der Waals surface area contributed by atoms with Gasteiger partial charge in [-0.1, -0.05) is 61.9 Å². The zero-order chi connectivity index (χ0) is 19.8. The zero-order valence-corrected chi connectivity index (χ0v) is 16.7. The second kappa shape index (κ2) is 7.08. The molecule has 0 atom stereocenters. The van der Waals surface area contributed by atoms with Gasteiger partial charge in [0.2, 0.25) is 0 Å². The molecule has 0 saturated carbocycles. The van der Waals surface area contributed by atoms with Gasteiger partial charge in [0.15, 0.2) is 0 Å². The Kier molecular flexibility index (Phi) is 4.59. The lowest BCUT2D eigenvalue weighted by atomic mass is 10.1. The number of aromatic nitrogens is 4. The lowest BCUT2D eigenvalue weighted by molar-refractivity contribution is 0.612. The SMILES string of the molecule is Cc1cccc(Cn2nc(C(C)C)c3cnn(-c4ccccc4C)c3c2=O)c1. The summed E-state index contributed by atoms with van der Waals surface area (Å²) in [7, 11) is 0. The van der Waals surface area contributed by atoms with Gasteiger partial charge in [-0.3, -0.25) is 4.79 Å². The molecule has 0 spiro atoms. The summed E-state index contributed by atoms with van der Waals surface area (Å²) in [5, 5.41) is 10.1. The summed E-state index contributed by atoms with van der Waals surface area (Å²) in [6, 6.07) is 16.1. The number of hydrogen-bond donors (Lipinski definition) is 0.